The van der Waals surface area contributed by atoms with Crippen LogP contribution in [0.3, 0.4) is 0 Å². The Labute approximate surface area is 74.6 Å². The highest BCUT2D eigenvalue weighted by molar-refractivity contribution is 4.87. The SMILES string of the molecule is C=CC1COC(C)(CC(C)C)O1. The summed E-state index contributed by atoms with van der Waals surface area (Å²) in [5, 5.41) is 0. The third-order valence-electron chi connectivity index (χ3n) is 2.00. The molecule has 2 heteroatoms. The summed E-state index contributed by atoms with van der Waals surface area (Å²) in [5.74, 6) is 0.214. The van der Waals surface area contributed by atoms with Gasteiger partial charge in [-0.25, -0.2) is 0 Å². The van der Waals surface area contributed by atoms with E-state index in [0.717, 1.165) is 6.42 Å². The number of ether oxygens (including phenoxy) is 2. The van der Waals surface area contributed by atoms with Crippen LogP contribution in [0.1, 0.15) is 27.2 Å². The van der Waals surface area contributed by atoms with Crippen LogP contribution in [0.2, 0.25) is 0 Å². The minimum Gasteiger partial charge on any atom is -0.347 e. The van der Waals surface area contributed by atoms with Gasteiger partial charge in [0.1, 0.15) is 6.10 Å². The molecule has 1 aliphatic heterocycles. The standard InChI is InChI=1S/C10H18O2/c1-5-9-7-11-10(4,12-9)6-8(2)3/h5,8-9H,1,6-7H2,2-4H3. The maximum Gasteiger partial charge on any atom is 0.166 e. The van der Waals surface area contributed by atoms with Crippen molar-refractivity contribution in [2.75, 3.05) is 6.61 Å². The van der Waals surface area contributed by atoms with Gasteiger partial charge in [-0.05, 0) is 12.8 Å². The van der Waals surface area contributed by atoms with Crippen molar-refractivity contribution < 1.29 is 9.47 Å². The first kappa shape index (κ1) is 9.75. The van der Waals surface area contributed by atoms with Crippen molar-refractivity contribution in [1.29, 1.82) is 0 Å². The molecule has 70 valence electrons. The third-order valence-corrected chi connectivity index (χ3v) is 2.00. The minimum absolute atomic E-state index is 0.0775. The second-order valence-electron chi connectivity index (χ2n) is 3.93. The molecule has 0 aromatic heterocycles. The highest BCUT2D eigenvalue weighted by atomic mass is 16.7. The van der Waals surface area contributed by atoms with Crippen molar-refractivity contribution in [3.05, 3.63) is 12.7 Å². The van der Waals surface area contributed by atoms with Crippen molar-refractivity contribution in [3.63, 3.8) is 0 Å². The van der Waals surface area contributed by atoms with Gasteiger partial charge in [0.25, 0.3) is 0 Å². The largest absolute Gasteiger partial charge is 0.347 e. The van der Waals surface area contributed by atoms with E-state index >= 15 is 0 Å². The Morgan fingerprint density at radius 3 is 2.75 bits per heavy atom. The summed E-state index contributed by atoms with van der Waals surface area (Å²) in [5.41, 5.74) is 0. The monoisotopic (exact) mass is 170 g/mol. The van der Waals surface area contributed by atoms with Crippen LogP contribution in [0, 0.1) is 5.92 Å². The van der Waals surface area contributed by atoms with Crippen LogP contribution in [-0.2, 0) is 9.47 Å². The highest BCUT2D eigenvalue weighted by Crippen LogP contribution is 2.29. The zero-order chi connectivity index (χ0) is 9.19. The quantitative estimate of drug-likeness (QED) is 0.605. The van der Waals surface area contributed by atoms with E-state index in [9.17, 15) is 0 Å². The number of hydrogen-bond acceptors (Lipinski definition) is 2. The molecule has 0 aliphatic carbocycles. The topological polar surface area (TPSA) is 18.5 Å². The lowest BCUT2D eigenvalue weighted by atomic mass is 10.0. The molecule has 2 nitrogen and oxygen atoms in total. The predicted molar refractivity (Wildman–Crippen MR) is 48.9 cm³/mol. The minimum atomic E-state index is -0.382. The normalized spacial score (nSPS) is 35.8. The molecular formula is C10H18O2. The van der Waals surface area contributed by atoms with E-state index in [1.165, 1.54) is 0 Å². The van der Waals surface area contributed by atoms with Crippen molar-refractivity contribution in [1.82, 2.24) is 0 Å². The van der Waals surface area contributed by atoms with Crippen LogP contribution >= 0.6 is 0 Å². The van der Waals surface area contributed by atoms with Crippen LogP contribution in [0.5, 0.6) is 0 Å². The molecule has 1 rings (SSSR count). The average molecular weight is 170 g/mol. The predicted octanol–water partition coefficient (Wildman–Crippen LogP) is 2.35. The smallest absolute Gasteiger partial charge is 0.166 e. The van der Waals surface area contributed by atoms with Gasteiger partial charge >= 0.3 is 0 Å². The van der Waals surface area contributed by atoms with Crippen LogP contribution in [-0.4, -0.2) is 18.5 Å². The molecule has 1 fully saturated rings. The zero-order valence-electron chi connectivity index (χ0n) is 8.17. The summed E-state index contributed by atoms with van der Waals surface area (Å²) < 4.78 is 11.2. The fourth-order valence-electron chi connectivity index (χ4n) is 1.61. The van der Waals surface area contributed by atoms with Gasteiger partial charge in [-0.3, -0.25) is 0 Å². The molecule has 0 aromatic carbocycles. The van der Waals surface area contributed by atoms with Crippen molar-refractivity contribution in [3.8, 4) is 0 Å². The molecule has 12 heavy (non-hydrogen) atoms. The lowest BCUT2D eigenvalue weighted by Gasteiger charge is -2.24. The zero-order valence-corrected chi connectivity index (χ0v) is 8.17. The molecule has 0 saturated carbocycles. The molecule has 1 aliphatic rings. The summed E-state index contributed by atoms with van der Waals surface area (Å²) in [6, 6.07) is 0. The fraction of sp³-hybridized carbons (Fsp3) is 0.800. The maximum atomic E-state index is 5.67. The summed E-state index contributed by atoms with van der Waals surface area (Å²) in [4.78, 5) is 0. The van der Waals surface area contributed by atoms with Crippen molar-refractivity contribution >= 4 is 0 Å². The van der Waals surface area contributed by atoms with E-state index in [0.29, 0.717) is 12.5 Å². The first-order valence-corrected chi connectivity index (χ1v) is 4.50. The Morgan fingerprint density at radius 1 is 1.67 bits per heavy atom. The summed E-state index contributed by atoms with van der Waals surface area (Å²) >= 11 is 0. The second kappa shape index (κ2) is 3.58. The van der Waals surface area contributed by atoms with Crippen LogP contribution in [0.15, 0.2) is 12.7 Å². The molecule has 0 radical (unpaired) electrons. The Bertz CT molecular complexity index is 165. The first-order valence-electron chi connectivity index (χ1n) is 4.50. The van der Waals surface area contributed by atoms with Crippen LogP contribution in [0.25, 0.3) is 0 Å². The molecule has 1 saturated heterocycles. The highest BCUT2D eigenvalue weighted by Gasteiger charge is 2.36. The lowest BCUT2D eigenvalue weighted by Crippen LogP contribution is -2.28. The Kier molecular flexibility index (Phi) is 2.91. The number of rotatable bonds is 3. The molecular weight excluding hydrogens is 152 g/mol. The van der Waals surface area contributed by atoms with Gasteiger partial charge in [-0.15, -0.1) is 6.58 Å². The molecule has 0 N–H and O–H groups in total. The lowest BCUT2D eigenvalue weighted by molar-refractivity contribution is -0.159. The Hall–Kier alpha value is -0.340. The van der Waals surface area contributed by atoms with E-state index in [1.54, 1.807) is 6.08 Å². The molecule has 1 heterocycles. The van der Waals surface area contributed by atoms with Gasteiger partial charge in [0.2, 0.25) is 0 Å². The van der Waals surface area contributed by atoms with Gasteiger partial charge in [0, 0.05) is 6.42 Å². The number of hydrogen-bond donors (Lipinski definition) is 0. The van der Waals surface area contributed by atoms with Gasteiger partial charge in [0.05, 0.1) is 6.61 Å². The molecule has 2 unspecified atom stereocenters. The average Bonchev–Trinajstić information content (AvgIpc) is 2.30. The summed E-state index contributed by atoms with van der Waals surface area (Å²) in [6.45, 7) is 10.7. The summed E-state index contributed by atoms with van der Waals surface area (Å²) in [7, 11) is 0. The van der Waals surface area contributed by atoms with Gasteiger partial charge in [-0.2, -0.15) is 0 Å². The van der Waals surface area contributed by atoms with E-state index in [2.05, 4.69) is 20.4 Å². The molecule has 0 aromatic rings. The molecule has 2 atom stereocenters. The van der Waals surface area contributed by atoms with E-state index in [-0.39, 0.29) is 11.9 Å². The Balaban J connectivity index is 2.46. The van der Waals surface area contributed by atoms with Crippen LogP contribution in [0.4, 0.5) is 0 Å². The first-order chi connectivity index (χ1) is 5.56. The fourth-order valence-corrected chi connectivity index (χ4v) is 1.61. The van der Waals surface area contributed by atoms with Crippen LogP contribution < -0.4 is 0 Å². The van der Waals surface area contributed by atoms with Gasteiger partial charge in [-0.1, -0.05) is 19.9 Å². The van der Waals surface area contributed by atoms with Gasteiger partial charge < -0.3 is 9.47 Å². The van der Waals surface area contributed by atoms with Crippen molar-refractivity contribution in [2.45, 2.75) is 39.1 Å². The van der Waals surface area contributed by atoms with Crippen molar-refractivity contribution in [2.24, 2.45) is 5.92 Å². The van der Waals surface area contributed by atoms with E-state index in [4.69, 9.17) is 9.47 Å². The Morgan fingerprint density at radius 2 is 2.33 bits per heavy atom. The third kappa shape index (κ3) is 2.32. The summed E-state index contributed by atoms with van der Waals surface area (Å²) in [6.07, 6.45) is 2.82. The molecule has 0 spiro atoms. The van der Waals surface area contributed by atoms with E-state index < -0.39 is 0 Å². The molecule has 0 bridgehead atoms. The van der Waals surface area contributed by atoms with Gasteiger partial charge in [0.15, 0.2) is 5.79 Å². The maximum absolute atomic E-state index is 5.67. The van der Waals surface area contributed by atoms with E-state index in [1.807, 2.05) is 6.92 Å². The second-order valence-corrected chi connectivity index (χ2v) is 3.93. The molecule has 0 amide bonds.